The number of aliphatic hydroxyl groups is 1. The van der Waals surface area contributed by atoms with Crippen LogP contribution in [0.5, 0.6) is 0 Å². The highest BCUT2D eigenvalue weighted by atomic mass is 32.2. The van der Waals surface area contributed by atoms with Crippen LogP contribution in [0.25, 0.3) is 0 Å². The van der Waals surface area contributed by atoms with Crippen LogP contribution < -0.4 is 5.32 Å². The maximum Gasteiger partial charge on any atom is 0.310 e. The molecule has 1 saturated carbocycles. The standard InChI is InChI=1S/C13H23NO4S/c1-12(18,9-19-2)8-14-10(15)7-13(11(16)17)5-3-4-6-13/h18H,3-9H2,1-2H3,(H,14,15)(H,16,17). The number of carbonyl (C=O) groups is 2. The molecule has 1 aliphatic rings. The lowest BCUT2D eigenvalue weighted by atomic mass is 9.82. The predicted octanol–water partition coefficient (Wildman–Crippen LogP) is 1.25. The van der Waals surface area contributed by atoms with E-state index in [9.17, 15) is 19.8 Å². The van der Waals surface area contributed by atoms with Gasteiger partial charge in [-0.25, -0.2) is 0 Å². The van der Waals surface area contributed by atoms with Crippen LogP contribution in [0.4, 0.5) is 0 Å². The number of nitrogens with one attached hydrogen (secondary N) is 1. The molecule has 0 aromatic rings. The summed E-state index contributed by atoms with van der Waals surface area (Å²) >= 11 is 1.50. The van der Waals surface area contributed by atoms with Gasteiger partial charge >= 0.3 is 5.97 Å². The van der Waals surface area contributed by atoms with Crippen molar-refractivity contribution in [2.75, 3.05) is 18.6 Å². The first kappa shape index (κ1) is 16.3. The summed E-state index contributed by atoms with van der Waals surface area (Å²) in [6.07, 6.45) is 4.76. The molecule has 110 valence electrons. The van der Waals surface area contributed by atoms with Crippen LogP contribution in [-0.2, 0) is 9.59 Å². The maximum atomic E-state index is 11.9. The molecule has 0 aliphatic heterocycles. The smallest absolute Gasteiger partial charge is 0.310 e. The topological polar surface area (TPSA) is 86.6 Å². The number of carboxylic acids is 1. The van der Waals surface area contributed by atoms with Gasteiger partial charge in [0.1, 0.15) is 0 Å². The van der Waals surface area contributed by atoms with Crippen LogP contribution in [0.15, 0.2) is 0 Å². The average molecular weight is 289 g/mol. The Morgan fingerprint density at radius 1 is 1.37 bits per heavy atom. The third-order valence-electron chi connectivity index (χ3n) is 3.63. The normalized spacial score (nSPS) is 20.8. The SMILES string of the molecule is CSCC(C)(O)CNC(=O)CC1(C(=O)O)CCCC1. The Morgan fingerprint density at radius 2 is 1.95 bits per heavy atom. The van der Waals surface area contributed by atoms with Crippen molar-refractivity contribution < 1.29 is 19.8 Å². The van der Waals surface area contributed by atoms with Gasteiger partial charge in [0.25, 0.3) is 0 Å². The van der Waals surface area contributed by atoms with Gasteiger partial charge in [0, 0.05) is 18.7 Å². The molecular formula is C13H23NO4S. The zero-order valence-corrected chi connectivity index (χ0v) is 12.4. The quantitative estimate of drug-likeness (QED) is 0.656. The van der Waals surface area contributed by atoms with E-state index in [0.717, 1.165) is 12.8 Å². The van der Waals surface area contributed by atoms with Crippen molar-refractivity contribution in [3.05, 3.63) is 0 Å². The van der Waals surface area contributed by atoms with Gasteiger partial charge in [-0.1, -0.05) is 12.8 Å². The first-order valence-corrected chi connectivity index (χ1v) is 7.92. The van der Waals surface area contributed by atoms with Crippen LogP contribution >= 0.6 is 11.8 Å². The molecule has 1 fully saturated rings. The minimum Gasteiger partial charge on any atom is -0.481 e. The fourth-order valence-electron chi connectivity index (χ4n) is 2.54. The van der Waals surface area contributed by atoms with Crippen LogP contribution in [-0.4, -0.2) is 46.2 Å². The summed E-state index contributed by atoms with van der Waals surface area (Å²) in [4.78, 5) is 23.2. The molecule has 1 unspecified atom stereocenters. The summed E-state index contributed by atoms with van der Waals surface area (Å²) in [5.74, 6) is -0.640. The average Bonchev–Trinajstić information content (AvgIpc) is 2.76. The van der Waals surface area contributed by atoms with Crippen molar-refractivity contribution in [3.63, 3.8) is 0 Å². The van der Waals surface area contributed by atoms with E-state index >= 15 is 0 Å². The Balaban J connectivity index is 2.48. The fraction of sp³-hybridized carbons (Fsp3) is 0.846. The largest absolute Gasteiger partial charge is 0.481 e. The first-order valence-electron chi connectivity index (χ1n) is 6.53. The van der Waals surface area contributed by atoms with Gasteiger partial charge in [-0.3, -0.25) is 9.59 Å². The van der Waals surface area contributed by atoms with Gasteiger partial charge in [0.05, 0.1) is 11.0 Å². The lowest BCUT2D eigenvalue weighted by Gasteiger charge is -2.26. The summed E-state index contributed by atoms with van der Waals surface area (Å²) in [6, 6.07) is 0. The van der Waals surface area contributed by atoms with E-state index in [0.29, 0.717) is 18.6 Å². The molecule has 1 amide bonds. The van der Waals surface area contributed by atoms with Crippen molar-refractivity contribution in [2.24, 2.45) is 5.41 Å². The van der Waals surface area contributed by atoms with Crippen molar-refractivity contribution in [3.8, 4) is 0 Å². The van der Waals surface area contributed by atoms with Gasteiger partial charge in [-0.15, -0.1) is 0 Å². The number of carbonyl (C=O) groups excluding carboxylic acids is 1. The Morgan fingerprint density at radius 3 is 2.42 bits per heavy atom. The molecule has 3 N–H and O–H groups in total. The molecule has 5 nitrogen and oxygen atoms in total. The molecule has 0 aromatic carbocycles. The number of aliphatic carboxylic acids is 1. The number of hydrogen-bond acceptors (Lipinski definition) is 4. The molecule has 0 aromatic heterocycles. The zero-order valence-electron chi connectivity index (χ0n) is 11.6. The molecule has 1 atom stereocenters. The van der Waals surface area contributed by atoms with Crippen molar-refractivity contribution in [2.45, 2.75) is 44.6 Å². The van der Waals surface area contributed by atoms with E-state index in [1.165, 1.54) is 11.8 Å². The summed E-state index contributed by atoms with van der Waals surface area (Å²) in [5.41, 5.74) is -1.85. The lowest BCUT2D eigenvalue weighted by Crippen LogP contribution is -2.44. The van der Waals surface area contributed by atoms with E-state index in [2.05, 4.69) is 5.32 Å². The Kier molecular flexibility index (Phi) is 5.67. The van der Waals surface area contributed by atoms with Crippen LogP contribution in [0.3, 0.4) is 0 Å². The van der Waals surface area contributed by atoms with Crippen LogP contribution in [0, 0.1) is 5.41 Å². The number of rotatable bonds is 7. The van der Waals surface area contributed by atoms with E-state index in [1.54, 1.807) is 6.92 Å². The Labute approximate surface area is 118 Å². The van der Waals surface area contributed by atoms with Gasteiger partial charge in [0.15, 0.2) is 0 Å². The highest BCUT2D eigenvalue weighted by Crippen LogP contribution is 2.41. The summed E-state index contributed by atoms with van der Waals surface area (Å²) in [6.45, 7) is 1.81. The fourth-order valence-corrected chi connectivity index (χ4v) is 3.26. The zero-order chi connectivity index (χ0) is 14.5. The minimum absolute atomic E-state index is 0.0116. The lowest BCUT2D eigenvalue weighted by molar-refractivity contribution is -0.151. The molecule has 0 saturated heterocycles. The Hall–Kier alpha value is -0.750. The van der Waals surface area contributed by atoms with E-state index in [-0.39, 0.29) is 18.9 Å². The molecule has 1 rings (SSSR count). The van der Waals surface area contributed by atoms with E-state index < -0.39 is 17.0 Å². The van der Waals surface area contributed by atoms with E-state index in [1.807, 2.05) is 6.26 Å². The van der Waals surface area contributed by atoms with Crippen LogP contribution in [0.1, 0.15) is 39.0 Å². The third kappa shape index (κ3) is 4.69. The van der Waals surface area contributed by atoms with Gasteiger partial charge < -0.3 is 15.5 Å². The predicted molar refractivity (Wildman–Crippen MR) is 75.2 cm³/mol. The van der Waals surface area contributed by atoms with Gasteiger partial charge in [0.2, 0.25) is 5.91 Å². The molecule has 0 radical (unpaired) electrons. The second kappa shape index (κ2) is 6.61. The van der Waals surface area contributed by atoms with Crippen molar-refractivity contribution >= 4 is 23.6 Å². The van der Waals surface area contributed by atoms with Gasteiger partial charge in [-0.05, 0) is 26.0 Å². The number of thioether (sulfide) groups is 1. The minimum atomic E-state index is -0.957. The monoisotopic (exact) mass is 289 g/mol. The van der Waals surface area contributed by atoms with Gasteiger partial charge in [-0.2, -0.15) is 11.8 Å². The molecule has 6 heteroatoms. The number of carboxylic acid groups (broad SMARTS) is 1. The maximum absolute atomic E-state index is 11.9. The molecule has 0 spiro atoms. The highest BCUT2D eigenvalue weighted by molar-refractivity contribution is 7.98. The van der Waals surface area contributed by atoms with E-state index in [4.69, 9.17) is 0 Å². The number of hydrogen-bond donors (Lipinski definition) is 3. The summed E-state index contributed by atoms with van der Waals surface area (Å²) in [7, 11) is 0. The number of amides is 1. The second-order valence-corrected chi connectivity index (χ2v) is 6.54. The molecule has 19 heavy (non-hydrogen) atoms. The summed E-state index contributed by atoms with van der Waals surface area (Å²) in [5, 5.41) is 21.9. The first-order chi connectivity index (χ1) is 8.81. The molecule has 1 aliphatic carbocycles. The van der Waals surface area contributed by atoms with Crippen LogP contribution in [0.2, 0.25) is 0 Å². The van der Waals surface area contributed by atoms with Crippen molar-refractivity contribution in [1.82, 2.24) is 5.32 Å². The van der Waals surface area contributed by atoms with Crippen molar-refractivity contribution in [1.29, 1.82) is 0 Å². The highest BCUT2D eigenvalue weighted by Gasteiger charge is 2.43. The Bertz CT molecular complexity index is 338. The summed E-state index contributed by atoms with van der Waals surface area (Å²) < 4.78 is 0. The molecule has 0 heterocycles. The molecule has 0 bridgehead atoms. The second-order valence-electron chi connectivity index (χ2n) is 5.68. The third-order valence-corrected chi connectivity index (χ3v) is 4.55. The molecular weight excluding hydrogens is 266 g/mol.